The van der Waals surface area contributed by atoms with Gasteiger partial charge in [0.25, 0.3) is 0 Å². The van der Waals surface area contributed by atoms with E-state index in [1.807, 2.05) is 30.5 Å². The summed E-state index contributed by atoms with van der Waals surface area (Å²) in [5, 5.41) is 18.2. The number of aromatic nitrogens is 3. The van der Waals surface area contributed by atoms with Crippen molar-refractivity contribution < 1.29 is 24.3 Å². The zero-order valence-corrected chi connectivity index (χ0v) is 21.1. The molecule has 3 unspecified atom stereocenters. The van der Waals surface area contributed by atoms with Crippen molar-refractivity contribution in [1.82, 2.24) is 30.9 Å². The molecule has 0 spiro atoms. The number of nitrogens with two attached hydrogens (primary N) is 1. The predicted molar refractivity (Wildman–Crippen MR) is 140 cm³/mol. The minimum Gasteiger partial charge on any atom is -0.480 e. The lowest BCUT2D eigenvalue weighted by molar-refractivity contribution is -0.142. The number of hydrogen-bond acceptors (Lipinski definition) is 7. The number of carbonyl (C=O) groups excluding carboxylic acids is 3. The maximum Gasteiger partial charge on any atom is 0.326 e. The second-order valence-electron chi connectivity index (χ2n) is 8.41. The summed E-state index contributed by atoms with van der Waals surface area (Å²) in [5.41, 5.74) is 7.71. The van der Waals surface area contributed by atoms with Crippen molar-refractivity contribution in [1.29, 1.82) is 0 Å². The highest BCUT2D eigenvalue weighted by molar-refractivity contribution is 7.98. The molecule has 0 aliphatic heterocycles. The number of thioether (sulfide) groups is 1. The molecule has 2 aromatic heterocycles. The lowest BCUT2D eigenvalue weighted by Gasteiger charge is -2.24. The number of H-pyrrole nitrogens is 2. The minimum atomic E-state index is -1.17. The highest BCUT2D eigenvalue weighted by Crippen LogP contribution is 2.19. The maximum atomic E-state index is 13.4. The fourth-order valence-corrected chi connectivity index (χ4v) is 4.32. The third-order valence-corrected chi connectivity index (χ3v) is 6.42. The van der Waals surface area contributed by atoms with Gasteiger partial charge in [0.1, 0.15) is 18.1 Å². The number of imidazole rings is 1. The number of para-hydroxylation sites is 1. The van der Waals surface area contributed by atoms with Crippen molar-refractivity contribution in [3.63, 3.8) is 0 Å². The molecule has 0 aliphatic rings. The summed E-state index contributed by atoms with van der Waals surface area (Å²) in [5.74, 6) is -2.43. The van der Waals surface area contributed by atoms with E-state index in [4.69, 9.17) is 5.73 Å². The third-order valence-electron chi connectivity index (χ3n) is 5.77. The third kappa shape index (κ3) is 7.82. The van der Waals surface area contributed by atoms with Crippen LogP contribution < -0.4 is 21.7 Å². The zero-order valence-electron chi connectivity index (χ0n) is 20.3. The van der Waals surface area contributed by atoms with Crippen LogP contribution >= 0.6 is 11.8 Å². The largest absolute Gasteiger partial charge is 0.480 e. The van der Waals surface area contributed by atoms with Gasteiger partial charge in [-0.3, -0.25) is 14.4 Å². The highest BCUT2D eigenvalue weighted by atomic mass is 32.2. The van der Waals surface area contributed by atoms with Gasteiger partial charge in [-0.2, -0.15) is 11.8 Å². The van der Waals surface area contributed by atoms with Crippen LogP contribution in [0.25, 0.3) is 10.9 Å². The molecule has 0 saturated carbocycles. The maximum absolute atomic E-state index is 13.4. The molecule has 2 heterocycles. The summed E-state index contributed by atoms with van der Waals surface area (Å²) in [4.78, 5) is 60.3. The monoisotopic (exact) mass is 529 g/mol. The molecule has 37 heavy (non-hydrogen) atoms. The summed E-state index contributed by atoms with van der Waals surface area (Å²) >= 11 is 1.46. The lowest BCUT2D eigenvalue weighted by atomic mass is 10.0. The number of carbonyl (C=O) groups is 4. The average Bonchev–Trinajstić information content (AvgIpc) is 3.55. The summed E-state index contributed by atoms with van der Waals surface area (Å²) in [6.45, 7) is -0.314. The van der Waals surface area contributed by atoms with Crippen LogP contribution in [0.15, 0.2) is 43.0 Å². The van der Waals surface area contributed by atoms with Crippen molar-refractivity contribution in [3.05, 3.63) is 54.2 Å². The summed E-state index contributed by atoms with van der Waals surface area (Å²) in [6.07, 6.45) is 6.95. The van der Waals surface area contributed by atoms with Crippen LogP contribution in [0.3, 0.4) is 0 Å². The fraction of sp³-hybridized carbons (Fsp3) is 0.375. The molecule has 3 atom stereocenters. The molecule has 3 rings (SSSR count). The van der Waals surface area contributed by atoms with Gasteiger partial charge in [-0.15, -0.1) is 0 Å². The molecule has 3 aromatic rings. The first-order chi connectivity index (χ1) is 17.8. The molecule has 0 fully saturated rings. The average molecular weight is 530 g/mol. The molecule has 8 N–H and O–H groups in total. The molecule has 0 saturated heterocycles. The Morgan fingerprint density at radius 1 is 1.03 bits per heavy atom. The number of benzene rings is 1. The van der Waals surface area contributed by atoms with Crippen molar-refractivity contribution in [2.24, 2.45) is 5.73 Å². The van der Waals surface area contributed by atoms with E-state index in [0.29, 0.717) is 11.4 Å². The Bertz CT molecular complexity index is 1210. The topological polar surface area (TPSA) is 195 Å². The lowest BCUT2D eigenvalue weighted by Crippen LogP contribution is -2.57. The Morgan fingerprint density at radius 3 is 2.38 bits per heavy atom. The quantitative estimate of drug-likeness (QED) is 0.151. The number of hydrogen-bond donors (Lipinski definition) is 7. The van der Waals surface area contributed by atoms with Gasteiger partial charge >= 0.3 is 5.97 Å². The van der Waals surface area contributed by atoms with E-state index >= 15 is 0 Å². The van der Waals surface area contributed by atoms with Gasteiger partial charge in [-0.1, -0.05) is 18.2 Å². The van der Waals surface area contributed by atoms with Crippen molar-refractivity contribution in [3.8, 4) is 0 Å². The molecular weight excluding hydrogens is 498 g/mol. The minimum absolute atomic E-state index is 0.0388. The van der Waals surface area contributed by atoms with Crippen LogP contribution in [0.2, 0.25) is 0 Å². The molecule has 0 aliphatic carbocycles. The number of nitrogens with zero attached hydrogens (tertiary/aromatic N) is 1. The van der Waals surface area contributed by atoms with Crippen molar-refractivity contribution in [2.75, 3.05) is 18.6 Å². The molecular formula is C24H31N7O5S. The van der Waals surface area contributed by atoms with E-state index < -0.39 is 41.8 Å². The Labute approximate surface area is 217 Å². The van der Waals surface area contributed by atoms with Gasteiger partial charge in [0.2, 0.25) is 17.7 Å². The number of carboxylic acid groups (broad SMARTS) is 1. The van der Waals surface area contributed by atoms with Crippen molar-refractivity contribution >= 4 is 46.4 Å². The number of aromatic amines is 2. The van der Waals surface area contributed by atoms with E-state index in [9.17, 15) is 24.3 Å². The molecule has 0 bridgehead atoms. The van der Waals surface area contributed by atoms with E-state index in [2.05, 4.69) is 30.9 Å². The Kier molecular flexibility index (Phi) is 10.1. The highest BCUT2D eigenvalue weighted by Gasteiger charge is 2.30. The summed E-state index contributed by atoms with van der Waals surface area (Å²) < 4.78 is 0. The molecule has 0 radical (unpaired) electrons. The first-order valence-corrected chi connectivity index (χ1v) is 13.1. The summed E-state index contributed by atoms with van der Waals surface area (Å²) in [6, 6.07) is 4.28. The fourth-order valence-electron chi connectivity index (χ4n) is 3.85. The zero-order chi connectivity index (χ0) is 26.8. The van der Waals surface area contributed by atoms with Crippen LogP contribution in [0.1, 0.15) is 17.7 Å². The van der Waals surface area contributed by atoms with E-state index in [-0.39, 0.29) is 25.8 Å². The summed E-state index contributed by atoms with van der Waals surface area (Å²) in [7, 11) is 0. The van der Waals surface area contributed by atoms with Crippen LogP contribution in [0.5, 0.6) is 0 Å². The Morgan fingerprint density at radius 2 is 1.73 bits per heavy atom. The Hall–Kier alpha value is -3.84. The standard InChI is InChI=1S/C24H31N7O5S/c1-37-7-6-18(24(35)36)30-23(34)20(9-15-12-26-13-28-15)31-22(33)19(29-21(32)10-25)8-14-11-27-17-5-3-2-4-16(14)17/h2-5,11-13,18-20,27H,6-10,25H2,1H3,(H,26,28)(H,29,32)(H,30,34)(H,31,33)(H,35,36). The molecule has 3 amide bonds. The van der Waals surface area contributed by atoms with Gasteiger partial charge in [-0.25, -0.2) is 9.78 Å². The van der Waals surface area contributed by atoms with E-state index in [0.717, 1.165) is 16.5 Å². The smallest absolute Gasteiger partial charge is 0.326 e. The molecule has 198 valence electrons. The molecule has 12 nitrogen and oxygen atoms in total. The van der Waals surface area contributed by atoms with Gasteiger partial charge in [0, 0.05) is 41.8 Å². The van der Waals surface area contributed by atoms with Crippen LogP contribution in [-0.4, -0.2) is 80.4 Å². The number of nitrogens with one attached hydrogen (secondary N) is 5. The number of rotatable bonds is 14. The SMILES string of the molecule is CSCCC(NC(=O)C(Cc1cnc[nH]1)NC(=O)C(Cc1c[nH]c2ccccc12)NC(=O)CN)C(=O)O. The van der Waals surface area contributed by atoms with Gasteiger partial charge in [-0.05, 0) is 30.1 Å². The number of fused-ring (bicyclic) bond motifs is 1. The van der Waals surface area contributed by atoms with Crippen LogP contribution in [0, 0.1) is 0 Å². The van der Waals surface area contributed by atoms with Crippen LogP contribution in [-0.2, 0) is 32.0 Å². The number of carboxylic acids is 1. The van der Waals surface area contributed by atoms with E-state index in [1.54, 1.807) is 6.20 Å². The first kappa shape index (κ1) is 27.7. The normalized spacial score (nSPS) is 13.5. The predicted octanol–water partition coefficient (Wildman–Crippen LogP) is -0.0730. The van der Waals surface area contributed by atoms with Crippen molar-refractivity contribution in [2.45, 2.75) is 37.4 Å². The first-order valence-electron chi connectivity index (χ1n) is 11.7. The Balaban J connectivity index is 1.81. The molecule has 13 heteroatoms. The number of amides is 3. The van der Waals surface area contributed by atoms with Gasteiger partial charge < -0.3 is 36.8 Å². The second-order valence-corrected chi connectivity index (χ2v) is 9.40. The molecule has 1 aromatic carbocycles. The van der Waals surface area contributed by atoms with E-state index in [1.165, 1.54) is 24.3 Å². The van der Waals surface area contributed by atoms with Gasteiger partial charge in [0.05, 0.1) is 12.9 Å². The van der Waals surface area contributed by atoms with Gasteiger partial charge in [0.15, 0.2) is 0 Å². The second kappa shape index (κ2) is 13.5. The van der Waals surface area contributed by atoms with Crippen LogP contribution in [0.4, 0.5) is 0 Å². The number of aliphatic carboxylic acids is 1.